The summed E-state index contributed by atoms with van der Waals surface area (Å²) in [5.41, 5.74) is 6.19. The summed E-state index contributed by atoms with van der Waals surface area (Å²) in [4.78, 5) is 24.1. The number of nitrogens with one attached hydrogen (secondary N) is 1. The van der Waals surface area contributed by atoms with Crippen LogP contribution < -0.4 is 5.43 Å². The van der Waals surface area contributed by atoms with Crippen molar-refractivity contribution >= 4 is 46.7 Å². The first-order valence-electron chi connectivity index (χ1n) is 11.8. The number of amides is 1. The van der Waals surface area contributed by atoms with Crippen molar-refractivity contribution in [3.8, 4) is 16.9 Å². The van der Waals surface area contributed by atoms with Crippen molar-refractivity contribution in [2.75, 3.05) is 13.1 Å². The van der Waals surface area contributed by atoms with E-state index in [0.717, 1.165) is 30.5 Å². The summed E-state index contributed by atoms with van der Waals surface area (Å²) < 4.78 is 1.67. The number of halogens is 3. The Balaban J connectivity index is 1.55. The van der Waals surface area contributed by atoms with Crippen LogP contribution in [0.1, 0.15) is 48.2 Å². The average molecular weight is 550 g/mol. The Morgan fingerprint density at radius 2 is 1.72 bits per heavy atom. The number of hydrogen-bond acceptors (Lipinski definition) is 4. The van der Waals surface area contributed by atoms with Gasteiger partial charge in [0.05, 0.1) is 16.4 Å². The first-order chi connectivity index (χ1) is 17.2. The van der Waals surface area contributed by atoms with Crippen LogP contribution in [-0.2, 0) is 4.79 Å². The van der Waals surface area contributed by atoms with Crippen molar-refractivity contribution in [2.45, 2.75) is 39.0 Å². The summed E-state index contributed by atoms with van der Waals surface area (Å²) >= 11 is 18.7. The molecule has 2 aromatic carbocycles. The predicted octanol–water partition coefficient (Wildman–Crippen LogP) is 6.42. The molecule has 0 saturated carbocycles. The molecule has 36 heavy (non-hydrogen) atoms. The molecule has 1 aliphatic heterocycles. The zero-order valence-corrected chi connectivity index (χ0v) is 22.1. The first-order valence-corrected chi connectivity index (χ1v) is 12.9. The van der Waals surface area contributed by atoms with Crippen LogP contribution in [0.5, 0.6) is 0 Å². The SMILES string of the molecule is Cc1c(C(=O)NN2CCC(CCCC(=O)O)CC2)nn(-c2ccc(Cl)cc2Cl)c1-c1ccc(Cl)cc1. The summed E-state index contributed by atoms with van der Waals surface area (Å²) in [6, 6.07) is 12.5. The van der Waals surface area contributed by atoms with Crippen LogP contribution in [0.25, 0.3) is 16.9 Å². The Morgan fingerprint density at radius 3 is 2.36 bits per heavy atom. The van der Waals surface area contributed by atoms with Crippen molar-refractivity contribution in [2.24, 2.45) is 5.92 Å². The summed E-state index contributed by atoms with van der Waals surface area (Å²) in [5.74, 6) is -0.578. The maximum absolute atomic E-state index is 13.3. The van der Waals surface area contributed by atoms with E-state index in [1.807, 2.05) is 24.1 Å². The standard InChI is InChI=1S/C26H27Cl3N4O3/c1-16-24(26(36)31-32-13-11-17(12-14-32)3-2-4-23(34)35)30-33(22-10-9-20(28)15-21(22)29)25(16)18-5-7-19(27)8-6-18/h5-10,15,17H,2-4,11-14H2,1H3,(H,31,36)(H,34,35). The molecule has 3 aromatic rings. The van der Waals surface area contributed by atoms with E-state index in [-0.39, 0.29) is 12.3 Å². The maximum atomic E-state index is 13.3. The molecule has 190 valence electrons. The molecule has 1 fully saturated rings. The smallest absolute Gasteiger partial charge is 0.303 e. The van der Waals surface area contributed by atoms with E-state index in [1.165, 1.54) is 0 Å². The van der Waals surface area contributed by atoms with Gasteiger partial charge in [0.2, 0.25) is 0 Å². The minimum absolute atomic E-state index is 0.201. The van der Waals surface area contributed by atoms with Gasteiger partial charge in [0.25, 0.3) is 5.91 Å². The summed E-state index contributed by atoms with van der Waals surface area (Å²) in [5, 5.41) is 16.9. The van der Waals surface area contributed by atoms with Crippen LogP contribution in [0, 0.1) is 12.8 Å². The molecule has 1 aliphatic rings. The maximum Gasteiger partial charge on any atom is 0.303 e. The zero-order valence-electron chi connectivity index (χ0n) is 19.8. The number of carbonyl (C=O) groups excluding carboxylic acids is 1. The highest BCUT2D eigenvalue weighted by molar-refractivity contribution is 6.35. The number of piperidine rings is 1. The van der Waals surface area contributed by atoms with Crippen LogP contribution in [-0.4, -0.2) is 44.9 Å². The molecule has 0 bridgehead atoms. The minimum atomic E-state index is -0.757. The molecule has 0 radical (unpaired) electrons. The molecule has 1 aromatic heterocycles. The molecule has 1 saturated heterocycles. The molecule has 1 amide bonds. The second-order valence-corrected chi connectivity index (χ2v) is 10.3. The number of carboxylic acid groups (broad SMARTS) is 1. The van der Waals surface area contributed by atoms with Crippen LogP contribution >= 0.6 is 34.8 Å². The van der Waals surface area contributed by atoms with Gasteiger partial charge in [0.15, 0.2) is 5.69 Å². The van der Waals surface area contributed by atoms with E-state index in [2.05, 4.69) is 10.5 Å². The number of hydrogen-bond donors (Lipinski definition) is 2. The van der Waals surface area contributed by atoms with E-state index in [4.69, 9.17) is 39.9 Å². The Labute approximate surface area is 224 Å². The van der Waals surface area contributed by atoms with E-state index in [9.17, 15) is 9.59 Å². The van der Waals surface area contributed by atoms with Gasteiger partial charge in [-0.05, 0) is 68.9 Å². The van der Waals surface area contributed by atoms with Crippen molar-refractivity contribution in [1.29, 1.82) is 0 Å². The van der Waals surface area contributed by atoms with Gasteiger partial charge >= 0.3 is 5.97 Å². The normalized spacial score (nSPS) is 14.7. The third-order valence-electron chi connectivity index (χ3n) is 6.47. The third-order valence-corrected chi connectivity index (χ3v) is 7.26. The lowest BCUT2D eigenvalue weighted by atomic mass is 9.92. The first kappa shape index (κ1) is 26.5. The molecule has 2 N–H and O–H groups in total. The molecular formula is C26H27Cl3N4O3. The number of aromatic nitrogens is 2. The second kappa shape index (κ2) is 11.6. The summed E-state index contributed by atoms with van der Waals surface area (Å²) in [7, 11) is 0. The number of carboxylic acids is 1. The molecule has 0 atom stereocenters. The molecule has 7 nitrogen and oxygen atoms in total. The molecule has 0 aliphatic carbocycles. The van der Waals surface area contributed by atoms with E-state index >= 15 is 0 Å². The minimum Gasteiger partial charge on any atom is -0.481 e. The number of nitrogens with zero attached hydrogens (tertiary/aromatic N) is 3. The van der Waals surface area contributed by atoms with E-state index < -0.39 is 5.97 Å². The number of benzene rings is 2. The molecule has 0 spiro atoms. The number of carbonyl (C=O) groups is 2. The monoisotopic (exact) mass is 548 g/mol. The van der Waals surface area contributed by atoms with Gasteiger partial charge < -0.3 is 5.11 Å². The van der Waals surface area contributed by atoms with Gasteiger partial charge in [-0.3, -0.25) is 15.0 Å². The fourth-order valence-corrected chi connectivity index (χ4v) is 5.17. The number of hydrazine groups is 1. The van der Waals surface area contributed by atoms with Crippen LogP contribution in [0.4, 0.5) is 0 Å². The zero-order chi connectivity index (χ0) is 25.8. The fraction of sp³-hybridized carbons (Fsp3) is 0.346. The topological polar surface area (TPSA) is 87.5 Å². The predicted molar refractivity (Wildman–Crippen MR) is 142 cm³/mol. The third kappa shape index (κ3) is 6.21. The van der Waals surface area contributed by atoms with Crippen LogP contribution in [0.15, 0.2) is 42.5 Å². The molecule has 2 heterocycles. The summed E-state index contributed by atoms with van der Waals surface area (Å²) in [6.07, 6.45) is 3.59. The lowest BCUT2D eigenvalue weighted by Crippen LogP contribution is -2.47. The van der Waals surface area contributed by atoms with Gasteiger partial charge in [0, 0.05) is 40.7 Å². The average Bonchev–Trinajstić information content (AvgIpc) is 3.17. The second-order valence-electron chi connectivity index (χ2n) is 8.99. The van der Waals surface area contributed by atoms with Crippen molar-refractivity contribution in [3.05, 3.63) is 68.8 Å². The highest BCUT2D eigenvalue weighted by Gasteiger charge is 2.26. The molecule has 4 rings (SSSR count). The van der Waals surface area contributed by atoms with Crippen molar-refractivity contribution in [3.63, 3.8) is 0 Å². The van der Waals surface area contributed by atoms with Crippen molar-refractivity contribution in [1.82, 2.24) is 20.2 Å². The van der Waals surface area contributed by atoms with Crippen LogP contribution in [0.2, 0.25) is 15.1 Å². The van der Waals surface area contributed by atoms with Gasteiger partial charge in [-0.25, -0.2) is 9.69 Å². The van der Waals surface area contributed by atoms with Gasteiger partial charge in [0.1, 0.15) is 0 Å². The summed E-state index contributed by atoms with van der Waals surface area (Å²) in [6.45, 7) is 3.27. The highest BCUT2D eigenvalue weighted by atomic mass is 35.5. The Hall–Kier alpha value is -2.58. The Kier molecular flexibility index (Phi) is 8.57. The van der Waals surface area contributed by atoms with Gasteiger partial charge in [-0.2, -0.15) is 5.10 Å². The Morgan fingerprint density at radius 1 is 1.06 bits per heavy atom. The highest BCUT2D eigenvalue weighted by Crippen LogP contribution is 2.33. The fourth-order valence-electron chi connectivity index (χ4n) is 4.56. The largest absolute Gasteiger partial charge is 0.481 e. The Bertz CT molecular complexity index is 1250. The number of aliphatic carboxylic acids is 1. The lowest BCUT2D eigenvalue weighted by Gasteiger charge is -2.31. The van der Waals surface area contributed by atoms with Gasteiger partial charge in [-0.15, -0.1) is 0 Å². The van der Waals surface area contributed by atoms with Gasteiger partial charge in [-0.1, -0.05) is 46.9 Å². The number of rotatable bonds is 8. The van der Waals surface area contributed by atoms with Crippen molar-refractivity contribution < 1.29 is 14.7 Å². The molecular weight excluding hydrogens is 523 g/mol. The lowest BCUT2D eigenvalue weighted by molar-refractivity contribution is -0.137. The van der Waals surface area contributed by atoms with Crippen LogP contribution in [0.3, 0.4) is 0 Å². The molecule has 10 heteroatoms. The van der Waals surface area contributed by atoms with E-state index in [0.29, 0.717) is 57.4 Å². The molecule has 0 unspecified atom stereocenters. The quantitative estimate of drug-likeness (QED) is 0.339. The van der Waals surface area contributed by atoms with E-state index in [1.54, 1.807) is 35.0 Å².